The summed E-state index contributed by atoms with van der Waals surface area (Å²) in [4.78, 5) is 15.3. The molecule has 0 unspecified atom stereocenters. The summed E-state index contributed by atoms with van der Waals surface area (Å²) in [6, 6.07) is 7.63. The largest absolute Gasteiger partial charge is 0.334 e. The lowest BCUT2D eigenvalue weighted by molar-refractivity contribution is 0.0745. The smallest absolute Gasteiger partial charge is 0.264 e. The van der Waals surface area contributed by atoms with Crippen molar-refractivity contribution in [2.75, 3.05) is 19.3 Å². The number of sulfone groups is 1. The number of likely N-dealkylation sites (tertiary alicyclic amines) is 1. The molecule has 2 N–H and O–H groups in total. The molecule has 124 valence electrons. The SMILES string of the molecule is CS(=O)(=O)Cc1c(C(=O)N2CCC[C@H]2CN)sc2ccccc12. The van der Waals surface area contributed by atoms with Crippen LogP contribution in [0, 0.1) is 0 Å². The first-order valence-corrected chi connectivity index (χ1v) is 10.5. The maximum atomic E-state index is 13.0. The number of fused-ring (bicyclic) bond motifs is 1. The molecule has 0 radical (unpaired) electrons. The van der Waals surface area contributed by atoms with Crippen LogP contribution in [0.15, 0.2) is 24.3 Å². The third-order valence-corrected chi connectivity index (χ3v) is 6.22. The zero-order valence-electron chi connectivity index (χ0n) is 13.0. The van der Waals surface area contributed by atoms with Crippen LogP contribution in [0.1, 0.15) is 28.1 Å². The van der Waals surface area contributed by atoms with E-state index in [9.17, 15) is 13.2 Å². The third-order valence-electron chi connectivity index (χ3n) is 4.21. The molecule has 1 aromatic carbocycles. The zero-order valence-corrected chi connectivity index (χ0v) is 14.6. The lowest BCUT2D eigenvalue weighted by Crippen LogP contribution is -2.39. The second-order valence-electron chi connectivity index (χ2n) is 6.01. The van der Waals surface area contributed by atoms with Crippen molar-refractivity contribution in [3.8, 4) is 0 Å². The highest BCUT2D eigenvalue weighted by atomic mass is 32.2. The predicted molar refractivity (Wildman–Crippen MR) is 93.5 cm³/mol. The molecule has 1 atom stereocenters. The minimum absolute atomic E-state index is 0.0544. The van der Waals surface area contributed by atoms with Gasteiger partial charge in [0.2, 0.25) is 0 Å². The van der Waals surface area contributed by atoms with E-state index in [1.807, 2.05) is 24.3 Å². The Morgan fingerprint density at radius 3 is 2.83 bits per heavy atom. The standard InChI is InChI=1S/C16H20N2O3S2/c1-23(20,21)10-13-12-6-2-3-7-14(12)22-15(13)16(19)18-8-4-5-11(18)9-17/h2-3,6-7,11H,4-5,8-10,17H2,1H3/t11-/m0/s1. The fraction of sp³-hybridized carbons (Fsp3) is 0.438. The van der Waals surface area contributed by atoms with E-state index in [4.69, 9.17) is 5.73 Å². The van der Waals surface area contributed by atoms with E-state index < -0.39 is 9.84 Å². The Bertz CT molecular complexity index is 842. The minimum atomic E-state index is -3.23. The quantitative estimate of drug-likeness (QED) is 0.913. The molecule has 1 aliphatic rings. The van der Waals surface area contributed by atoms with Crippen LogP contribution in [-0.4, -0.2) is 44.6 Å². The Hall–Kier alpha value is -1.44. The second kappa shape index (κ2) is 6.22. The molecule has 3 rings (SSSR count). The van der Waals surface area contributed by atoms with E-state index >= 15 is 0 Å². The van der Waals surface area contributed by atoms with E-state index in [-0.39, 0.29) is 17.7 Å². The molecule has 0 aliphatic carbocycles. The molecule has 0 spiro atoms. The third kappa shape index (κ3) is 3.27. The van der Waals surface area contributed by atoms with Crippen LogP contribution in [0.25, 0.3) is 10.1 Å². The van der Waals surface area contributed by atoms with Crippen molar-refractivity contribution in [2.24, 2.45) is 5.73 Å². The highest BCUT2D eigenvalue weighted by Gasteiger charge is 2.31. The summed E-state index contributed by atoms with van der Waals surface area (Å²) >= 11 is 1.38. The Morgan fingerprint density at radius 2 is 2.13 bits per heavy atom. The molecular formula is C16H20N2O3S2. The van der Waals surface area contributed by atoms with Gasteiger partial charge in [0.15, 0.2) is 9.84 Å². The summed E-state index contributed by atoms with van der Waals surface area (Å²) in [6.07, 6.45) is 3.06. The van der Waals surface area contributed by atoms with Gasteiger partial charge in [-0.1, -0.05) is 18.2 Å². The first-order valence-electron chi connectivity index (χ1n) is 7.60. The van der Waals surface area contributed by atoms with Gasteiger partial charge in [0.1, 0.15) is 0 Å². The molecule has 2 aromatic rings. The zero-order chi connectivity index (χ0) is 16.6. The van der Waals surface area contributed by atoms with Crippen molar-refractivity contribution < 1.29 is 13.2 Å². The van der Waals surface area contributed by atoms with Crippen molar-refractivity contribution in [2.45, 2.75) is 24.6 Å². The van der Waals surface area contributed by atoms with Crippen LogP contribution >= 0.6 is 11.3 Å². The molecular weight excluding hydrogens is 332 g/mol. The maximum absolute atomic E-state index is 13.0. The molecule has 1 aliphatic heterocycles. The summed E-state index contributed by atoms with van der Waals surface area (Å²) in [5, 5.41) is 0.856. The van der Waals surface area contributed by atoms with Gasteiger partial charge < -0.3 is 10.6 Å². The number of thiophene rings is 1. The van der Waals surface area contributed by atoms with E-state index in [1.165, 1.54) is 17.6 Å². The van der Waals surface area contributed by atoms with Gasteiger partial charge in [-0.3, -0.25) is 4.79 Å². The van der Waals surface area contributed by atoms with Crippen molar-refractivity contribution in [1.82, 2.24) is 4.90 Å². The first kappa shape index (κ1) is 16.4. The average molecular weight is 352 g/mol. The van der Waals surface area contributed by atoms with Crippen LogP contribution in [0.2, 0.25) is 0 Å². The van der Waals surface area contributed by atoms with Crippen LogP contribution < -0.4 is 5.73 Å². The molecule has 7 heteroatoms. The van der Waals surface area contributed by atoms with Gasteiger partial charge in [-0.05, 0) is 29.9 Å². The molecule has 1 saturated heterocycles. The van der Waals surface area contributed by atoms with Crippen molar-refractivity contribution in [3.63, 3.8) is 0 Å². The fourth-order valence-electron chi connectivity index (χ4n) is 3.16. The van der Waals surface area contributed by atoms with E-state index in [1.54, 1.807) is 4.90 Å². The van der Waals surface area contributed by atoms with Crippen LogP contribution in [0.4, 0.5) is 0 Å². The Kier molecular flexibility index (Phi) is 4.44. The number of benzene rings is 1. The van der Waals surface area contributed by atoms with Gasteiger partial charge in [-0.25, -0.2) is 8.42 Å². The molecule has 5 nitrogen and oxygen atoms in total. The molecule has 1 amide bonds. The number of amides is 1. The van der Waals surface area contributed by atoms with E-state index in [0.29, 0.717) is 23.5 Å². The summed E-state index contributed by atoms with van der Waals surface area (Å²) < 4.78 is 24.6. The number of hydrogen-bond donors (Lipinski definition) is 1. The van der Waals surface area contributed by atoms with Crippen LogP contribution in [-0.2, 0) is 15.6 Å². The normalized spacial score (nSPS) is 18.7. The molecule has 0 saturated carbocycles. The Morgan fingerprint density at radius 1 is 1.39 bits per heavy atom. The molecule has 1 fully saturated rings. The summed E-state index contributed by atoms with van der Waals surface area (Å²) in [5.41, 5.74) is 6.39. The van der Waals surface area contributed by atoms with Crippen molar-refractivity contribution in [1.29, 1.82) is 0 Å². The van der Waals surface area contributed by atoms with Crippen molar-refractivity contribution >= 4 is 37.2 Å². The maximum Gasteiger partial charge on any atom is 0.264 e. The van der Waals surface area contributed by atoms with Gasteiger partial charge in [-0.2, -0.15) is 0 Å². The minimum Gasteiger partial charge on any atom is -0.334 e. The van der Waals surface area contributed by atoms with Crippen LogP contribution in [0.3, 0.4) is 0 Å². The van der Waals surface area contributed by atoms with Gasteiger partial charge in [0.05, 0.1) is 10.6 Å². The van der Waals surface area contributed by atoms with Gasteiger partial charge in [-0.15, -0.1) is 11.3 Å². The first-order chi connectivity index (χ1) is 10.9. The van der Waals surface area contributed by atoms with Crippen molar-refractivity contribution in [3.05, 3.63) is 34.7 Å². The number of nitrogens with zero attached hydrogens (tertiary/aromatic N) is 1. The Labute approximate surface area is 140 Å². The summed E-state index contributed by atoms with van der Waals surface area (Å²) in [5.74, 6) is -0.197. The second-order valence-corrected chi connectivity index (χ2v) is 9.20. The summed E-state index contributed by atoms with van der Waals surface area (Å²) in [7, 11) is -3.23. The van der Waals surface area contributed by atoms with Gasteiger partial charge >= 0.3 is 0 Å². The molecule has 23 heavy (non-hydrogen) atoms. The number of carbonyl (C=O) groups excluding carboxylic acids is 1. The number of nitrogens with two attached hydrogens (primary N) is 1. The highest BCUT2D eigenvalue weighted by Crippen LogP contribution is 2.34. The predicted octanol–water partition coefficient (Wildman–Crippen LogP) is 2.01. The fourth-order valence-corrected chi connectivity index (χ4v) is 5.25. The van der Waals surface area contributed by atoms with E-state index in [0.717, 1.165) is 22.9 Å². The van der Waals surface area contributed by atoms with Crippen LogP contribution in [0.5, 0.6) is 0 Å². The number of carbonyl (C=O) groups is 1. The molecule has 0 bridgehead atoms. The summed E-state index contributed by atoms with van der Waals surface area (Å²) in [6.45, 7) is 1.13. The number of hydrogen-bond acceptors (Lipinski definition) is 5. The Balaban J connectivity index is 2.09. The van der Waals surface area contributed by atoms with Gasteiger partial charge in [0, 0.05) is 30.1 Å². The highest BCUT2D eigenvalue weighted by molar-refractivity contribution is 7.89. The number of rotatable bonds is 4. The average Bonchev–Trinajstić information content (AvgIpc) is 3.10. The molecule has 1 aromatic heterocycles. The lowest BCUT2D eigenvalue weighted by Gasteiger charge is -2.23. The van der Waals surface area contributed by atoms with E-state index in [2.05, 4.69) is 0 Å². The molecule has 2 heterocycles. The topological polar surface area (TPSA) is 80.5 Å². The monoisotopic (exact) mass is 352 g/mol. The van der Waals surface area contributed by atoms with Gasteiger partial charge in [0.25, 0.3) is 5.91 Å². The lowest BCUT2D eigenvalue weighted by atomic mass is 10.1.